The Hall–Kier alpha value is -1.65. The van der Waals surface area contributed by atoms with E-state index in [0.29, 0.717) is 5.56 Å². The van der Waals surface area contributed by atoms with Crippen LogP contribution in [0.4, 0.5) is 15.8 Å². The number of rotatable bonds is 1. The maximum atomic E-state index is 13.3. The van der Waals surface area contributed by atoms with Crippen molar-refractivity contribution in [1.29, 1.82) is 0 Å². The van der Waals surface area contributed by atoms with Gasteiger partial charge in [0.25, 0.3) is 5.69 Å². The largest absolute Gasteiger partial charge is 0.396 e. The number of anilines is 1. The third kappa shape index (κ3) is 2.23. The molecule has 0 aliphatic carbocycles. The van der Waals surface area contributed by atoms with Gasteiger partial charge in [-0.05, 0) is 11.0 Å². The van der Waals surface area contributed by atoms with Gasteiger partial charge < -0.3 is 5.73 Å². The molecule has 0 aliphatic rings. The van der Waals surface area contributed by atoms with Gasteiger partial charge in [0.2, 0.25) is 0 Å². The summed E-state index contributed by atoms with van der Waals surface area (Å²) in [5.41, 5.74) is 5.28. The molecular weight excluding hydrogens is 199 g/mol. The minimum Gasteiger partial charge on any atom is -0.396 e. The lowest BCUT2D eigenvalue weighted by Crippen LogP contribution is -2.15. The average molecular weight is 212 g/mol. The quantitative estimate of drug-likeness (QED) is 0.442. The molecule has 4 nitrogen and oxygen atoms in total. The summed E-state index contributed by atoms with van der Waals surface area (Å²) in [7, 11) is 0. The zero-order valence-electron chi connectivity index (χ0n) is 8.87. The van der Waals surface area contributed by atoms with Crippen LogP contribution in [0, 0.1) is 15.9 Å². The molecule has 2 N–H and O–H groups in total. The van der Waals surface area contributed by atoms with Crippen molar-refractivity contribution in [2.75, 3.05) is 5.73 Å². The van der Waals surface area contributed by atoms with Gasteiger partial charge in [-0.25, -0.2) is 4.39 Å². The summed E-state index contributed by atoms with van der Waals surface area (Å²) in [6.07, 6.45) is 0. The lowest BCUT2D eigenvalue weighted by Gasteiger charge is -2.21. The number of hydrogen-bond acceptors (Lipinski definition) is 3. The Morgan fingerprint density at radius 3 is 2.33 bits per heavy atom. The number of benzene rings is 1. The number of non-ortho nitro benzene ring substituents is 1. The zero-order chi connectivity index (χ0) is 11.8. The monoisotopic (exact) mass is 212 g/mol. The number of nitrogens with zero attached hydrogens (tertiary/aromatic N) is 1. The Morgan fingerprint density at radius 2 is 1.93 bits per heavy atom. The van der Waals surface area contributed by atoms with Gasteiger partial charge in [-0.15, -0.1) is 0 Å². The van der Waals surface area contributed by atoms with Crippen molar-refractivity contribution in [3.8, 4) is 0 Å². The highest BCUT2D eigenvalue weighted by atomic mass is 19.1. The van der Waals surface area contributed by atoms with Crippen LogP contribution in [0.3, 0.4) is 0 Å². The number of hydrogen-bond donors (Lipinski definition) is 1. The summed E-state index contributed by atoms with van der Waals surface area (Å²) >= 11 is 0. The fourth-order valence-electron chi connectivity index (χ4n) is 1.33. The van der Waals surface area contributed by atoms with Crippen molar-refractivity contribution in [1.82, 2.24) is 0 Å². The molecule has 15 heavy (non-hydrogen) atoms. The van der Waals surface area contributed by atoms with Crippen molar-refractivity contribution in [3.63, 3.8) is 0 Å². The Balaban J connectivity index is 3.45. The second-order valence-electron chi connectivity index (χ2n) is 4.40. The molecule has 0 atom stereocenters. The van der Waals surface area contributed by atoms with Crippen LogP contribution in [0.5, 0.6) is 0 Å². The molecule has 0 bridgehead atoms. The van der Waals surface area contributed by atoms with E-state index in [-0.39, 0.29) is 11.4 Å². The average Bonchev–Trinajstić information content (AvgIpc) is 2.06. The third-order valence-corrected chi connectivity index (χ3v) is 2.13. The minimum absolute atomic E-state index is 0.0203. The van der Waals surface area contributed by atoms with Crippen molar-refractivity contribution in [3.05, 3.63) is 33.6 Å². The molecule has 82 valence electrons. The van der Waals surface area contributed by atoms with E-state index in [9.17, 15) is 14.5 Å². The van der Waals surface area contributed by atoms with E-state index in [0.717, 1.165) is 6.07 Å². The summed E-state index contributed by atoms with van der Waals surface area (Å²) in [6, 6.07) is 2.16. The van der Waals surface area contributed by atoms with Crippen molar-refractivity contribution in [2.45, 2.75) is 26.2 Å². The van der Waals surface area contributed by atoms with E-state index < -0.39 is 16.2 Å². The smallest absolute Gasteiger partial charge is 0.272 e. The lowest BCUT2D eigenvalue weighted by atomic mass is 9.85. The van der Waals surface area contributed by atoms with E-state index in [1.165, 1.54) is 6.07 Å². The topological polar surface area (TPSA) is 69.2 Å². The highest BCUT2D eigenvalue weighted by molar-refractivity contribution is 5.56. The standard InChI is InChI=1S/C10H13FN2O2/c1-10(2,3)7-4-6(13(14)15)5-8(11)9(7)12/h4-5H,12H2,1-3H3. The second kappa shape index (κ2) is 3.49. The van der Waals surface area contributed by atoms with Gasteiger partial charge >= 0.3 is 0 Å². The normalized spacial score (nSPS) is 11.5. The van der Waals surface area contributed by atoms with Crippen LogP contribution in [-0.2, 0) is 5.41 Å². The molecule has 0 unspecified atom stereocenters. The van der Waals surface area contributed by atoms with Crippen LogP contribution in [0.15, 0.2) is 12.1 Å². The molecule has 0 aromatic heterocycles. The molecule has 5 heteroatoms. The SMILES string of the molecule is CC(C)(C)c1cc([N+](=O)[O-])cc(F)c1N. The molecule has 0 radical (unpaired) electrons. The number of nitro groups is 1. The van der Waals surface area contributed by atoms with Crippen molar-refractivity contribution < 1.29 is 9.31 Å². The van der Waals surface area contributed by atoms with Crippen LogP contribution < -0.4 is 5.73 Å². The second-order valence-corrected chi connectivity index (χ2v) is 4.40. The highest BCUT2D eigenvalue weighted by Gasteiger charge is 2.23. The van der Waals surface area contributed by atoms with Gasteiger partial charge in [-0.2, -0.15) is 0 Å². The predicted molar refractivity (Wildman–Crippen MR) is 56.2 cm³/mol. The van der Waals surface area contributed by atoms with Crippen LogP contribution in [-0.4, -0.2) is 4.92 Å². The molecule has 0 amide bonds. The maximum Gasteiger partial charge on any atom is 0.272 e. The first-order valence-corrected chi connectivity index (χ1v) is 4.47. The first-order chi connectivity index (χ1) is 6.73. The van der Waals surface area contributed by atoms with Crippen LogP contribution in [0.2, 0.25) is 0 Å². The van der Waals surface area contributed by atoms with Crippen LogP contribution >= 0.6 is 0 Å². The summed E-state index contributed by atoms with van der Waals surface area (Å²) in [6.45, 7) is 5.46. The first-order valence-electron chi connectivity index (χ1n) is 4.47. The molecule has 1 aromatic rings. The fraction of sp³-hybridized carbons (Fsp3) is 0.400. The summed E-state index contributed by atoms with van der Waals surface area (Å²) < 4.78 is 13.3. The molecule has 0 heterocycles. The number of nitrogens with two attached hydrogens (primary N) is 1. The minimum atomic E-state index is -0.742. The third-order valence-electron chi connectivity index (χ3n) is 2.13. The Labute approximate surface area is 87.0 Å². The molecule has 0 aliphatic heterocycles. The summed E-state index contributed by atoms with van der Waals surface area (Å²) in [4.78, 5) is 9.91. The van der Waals surface area contributed by atoms with E-state index in [4.69, 9.17) is 5.73 Å². The number of halogens is 1. The van der Waals surface area contributed by atoms with Gasteiger partial charge in [0, 0.05) is 6.07 Å². The van der Waals surface area contributed by atoms with Gasteiger partial charge in [0.15, 0.2) is 5.82 Å². The Bertz CT molecular complexity index is 411. The lowest BCUT2D eigenvalue weighted by molar-refractivity contribution is -0.385. The van der Waals surface area contributed by atoms with E-state index >= 15 is 0 Å². The fourth-order valence-corrected chi connectivity index (χ4v) is 1.33. The molecule has 0 saturated heterocycles. The van der Waals surface area contributed by atoms with Crippen LogP contribution in [0.1, 0.15) is 26.3 Å². The number of nitro benzene ring substituents is 1. The highest BCUT2D eigenvalue weighted by Crippen LogP contribution is 2.32. The Morgan fingerprint density at radius 1 is 1.40 bits per heavy atom. The van der Waals surface area contributed by atoms with Gasteiger partial charge in [-0.3, -0.25) is 10.1 Å². The van der Waals surface area contributed by atoms with Crippen LogP contribution in [0.25, 0.3) is 0 Å². The van der Waals surface area contributed by atoms with Gasteiger partial charge in [-0.1, -0.05) is 20.8 Å². The molecule has 1 aromatic carbocycles. The van der Waals surface area contributed by atoms with Gasteiger partial charge in [0.05, 0.1) is 16.7 Å². The molecular formula is C10H13FN2O2. The predicted octanol–water partition coefficient (Wildman–Crippen LogP) is 2.61. The van der Waals surface area contributed by atoms with E-state index in [1.54, 1.807) is 0 Å². The van der Waals surface area contributed by atoms with Crippen molar-refractivity contribution >= 4 is 11.4 Å². The molecule has 1 rings (SSSR count). The Kier molecular flexibility index (Phi) is 2.66. The molecule has 0 spiro atoms. The summed E-state index contributed by atoms with van der Waals surface area (Å²) in [5, 5.41) is 10.5. The van der Waals surface area contributed by atoms with E-state index in [1.807, 2.05) is 20.8 Å². The maximum absolute atomic E-state index is 13.3. The zero-order valence-corrected chi connectivity index (χ0v) is 8.87. The number of nitrogen functional groups attached to an aromatic ring is 1. The van der Waals surface area contributed by atoms with Gasteiger partial charge in [0.1, 0.15) is 0 Å². The first kappa shape index (κ1) is 11.4. The van der Waals surface area contributed by atoms with Crippen molar-refractivity contribution in [2.24, 2.45) is 0 Å². The summed E-state index contributed by atoms with van der Waals surface area (Å²) in [5.74, 6) is -0.742. The van der Waals surface area contributed by atoms with E-state index in [2.05, 4.69) is 0 Å². The molecule has 0 saturated carbocycles. The molecule has 0 fully saturated rings.